The molecule has 0 unspecified atom stereocenters. The molecule has 0 aliphatic heterocycles. The van der Waals surface area contributed by atoms with Crippen molar-refractivity contribution in [3.05, 3.63) is 46.7 Å². The van der Waals surface area contributed by atoms with E-state index in [9.17, 15) is 4.79 Å². The van der Waals surface area contributed by atoms with Crippen molar-refractivity contribution in [1.82, 2.24) is 15.1 Å². The van der Waals surface area contributed by atoms with Crippen LogP contribution in [0.25, 0.3) is 0 Å². The summed E-state index contributed by atoms with van der Waals surface area (Å²) in [4.78, 5) is 13.0. The molecule has 1 heterocycles. The topological polar surface area (TPSA) is 46.9 Å². The van der Waals surface area contributed by atoms with E-state index in [0.717, 1.165) is 4.90 Å². The van der Waals surface area contributed by atoms with Gasteiger partial charge in [0.2, 0.25) is 5.91 Å². The van der Waals surface area contributed by atoms with Crippen LogP contribution >= 0.6 is 35.0 Å². The highest BCUT2D eigenvalue weighted by Crippen LogP contribution is 2.32. The van der Waals surface area contributed by atoms with Gasteiger partial charge in [-0.05, 0) is 38.1 Å². The standard InChI is InChI=1S/C15H17Cl2N3OS/c1-10(9-20-7-3-6-18-20)19-15(21)11(2)22-14-8-12(16)4-5-13(14)17/h3-8,10-11H,9H2,1-2H3,(H,19,21)/t10-,11+/m0/s1. The number of rotatable bonds is 6. The number of amides is 1. The normalized spacial score (nSPS) is 13.6. The second kappa shape index (κ2) is 7.90. The van der Waals surface area contributed by atoms with Gasteiger partial charge in [0.1, 0.15) is 0 Å². The van der Waals surface area contributed by atoms with Crippen LogP contribution in [0.15, 0.2) is 41.6 Å². The number of thioether (sulfide) groups is 1. The SMILES string of the molecule is C[C@@H](Cn1cccn1)NC(=O)[C@@H](C)Sc1cc(Cl)ccc1Cl. The Morgan fingerprint density at radius 2 is 2.18 bits per heavy atom. The van der Waals surface area contributed by atoms with Crippen molar-refractivity contribution in [2.24, 2.45) is 0 Å². The fourth-order valence-electron chi connectivity index (χ4n) is 1.91. The Hall–Kier alpha value is -1.17. The van der Waals surface area contributed by atoms with Gasteiger partial charge < -0.3 is 5.32 Å². The van der Waals surface area contributed by atoms with Crippen LogP contribution in [0.1, 0.15) is 13.8 Å². The monoisotopic (exact) mass is 357 g/mol. The zero-order chi connectivity index (χ0) is 16.1. The van der Waals surface area contributed by atoms with Crippen LogP contribution in [0.5, 0.6) is 0 Å². The van der Waals surface area contributed by atoms with Gasteiger partial charge in [-0.25, -0.2) is 0 Å². The molecule has 0 saturated carbocycles. The van der Waals surface area contributed by atoms with Crippen molar-refractivity contribution in [1.29, 1.82) is 0 Å². The third kappa shape index (κ3) is 4.93. The van der Waals surface area contributed by atoms with Gasteiger partial charge >= 0.3 is 0 Å². The average molecular weight is 358 g/mol. The van der Waals surface area contributed by atoms with E-state index in [-0.39, 0.29) is 17.2 Å². The van der Waals surface area contributed by atoms with Crippen LogP contribution in [0.4, 0.5) is 0 Å². The smallest absolute Gasteiger partial charge is 0.233 e. The molecule has 1 aromatic heterocycles. The first-order chi connectivity index (χ1) is 10.5. The first kappa shape index (κ1) is 17.2. The van der Waals surface area contributed by atoms with Gasteiger partial charge in [0.25, 0.3) is 0 Å². The van der Waals surface area contributed by atoms with Crippen molar-refractivity contribution in [2.45, 2.75) is 36.6 Å². The van der Waals surface area contributed by atoms with Crippen LogP contribution < -0.4 is 5.32 Å². The molecule has 0 fully saturated rings. The quantitative estimate of drug-likeness (QED) is 0.798. The second-order valence-corrected chi connectivity index (χ2v) is 7.20. The van der Waals surface area contributed by atoms with Crippen LogP contribution in [0.2, 0.25) is 10.0 Å². The summed E-state index contributed by atoms with van der Waals surface area (Å²) in [6.07, 6.45) is 3.58. The second-order valence-electron chi connectivity index (χ2n) is 4.97. The van der Waals surface area contributed by atoms with Crippen molar-refractivity contribution < 1.29 is 4.79 Å². The lowest BCUT2D eigenvalue weighted by molar-refractivity contribution is -0.121. The van der Waals surface area contributed by atoms with E-state index in [1.54, 1.807) is 29.1 Å². The van der Waals surface area contributed by atoms with Gasteiger partial charge in [-0.2, -0.15) is 5.10 Å². The Balaban J connectivity index is 1.90. The largest absolute Gasteiger partial charge is 0.351 e. The molecule has 0 aliphatic carbocycles. The van der Waals surface area contributed by atoms with E-state index in [4.69, 9.17) is 23.2 Å². The molecule has 0 spiro atoms. The summed E-state index contributed by atoms with van der Waals surface area (Å²) in [5.41, 5.74) is 0. The highest BCUT2D eigenvalue weighted by molar-refractivity contribution is 8.00. The van der Waals surface area contributed by atoms with Crippen LogP contribution in [0, 0.1) is 0 Å². The molecular formula is C15H17Cl2N3OS. The van der Waals surface area contributed by atoms with E-state index in [1.807, 2.05) is 26.1 Å². The van der Waals surface area contributed by atoms with E-state index < -0.39 is 0 Å². The van der Waals surface area contributed by atoms with Gasteiger partial charge in [-0.15, -0.1) is 11.8 Å². The minimum absolute atomic E-state index is 0.00900. The predicted molar refractivity (Wildman–Crippen MR) is 91.6 cm³/mol. The summed E-state index contributed by atoms with van der Waals surface area (Å²) in [5.74, 6) is -0.0410. The molecule has 0 bridgehead atoms. The fourth-order valence-corrected chi connectivity index (χ4v) is 3.33. The zero-order valence-electron chi connectivity index (χ0n) is 12.3. The minimum atomic E-state index is -0.268. The molecule has 1 N–H and O–H groups in total. The van der Waals surface area contributed by atoms with Crippen molar-refractivity contribution >= 4 is 40.9 Å². The molecule has 2 aromatic rings. The molecule has 0 aliphatic rings. The molecule has 1 aromatic carbocycles. The molecule has 2 rings (SSSR count). The summed E-state index contributed by atoms with van der Waals surface area (Å²) >= 11 is 13.5. The number of carbonyl (C=O) groups is 1. The van der Waals surface area contributed by atoms with Gasteiger partial charge in [0.15, 0.2) is 0 Å². The van der Waals surface area contributed by atoms with E-state index in [2.05, 4.69) is 10.4 Å². The fraction of sp³-hybridized carbons (Fsp3) is 0.333. The number of benzene rings is 1. The Morgan fingerprint density at radius 3 is 2.86 bits per heavy atom. The summed E-state index contributed by atoms with van der Waals surface area (Å²) in [6, 6.07) is 7.08. The van der Waals surface area contributed by atoms with Crippen LogP contribution in [-0.2, 0) is 11.3 Å². The summed E-state index contributed by atoms with van der Waals surface area (Å²) in [5, 5.41) is 8.03. The molecule has 0 saturated heterocycles. The lowest BCUT2D eigenvalue weighted by atomic mass is 10.3. The lowest BCUT2D eigenvalue weighted by Crippen LogP contribution is -2.39. The maximum Gasteiger partial charge on any atom is 0.233 e. The van der Waals surface area contributed by atoms with E-state index in [0.29, 0.717) is 16.6 Å². The van der Waals surface area contributed by atoms with Crippen LogP contribution in [-0.4, -0.2) is 27.0 Å². The van der Waals surface area contributed by atoms with Crippen molar-refractivity contribution in [3.63, 3.8) is 0 Å². The zero-order valence-corrected chi connectivity index (χ0v) is 14.6. The molecule has 0 radical (unpaired) electrons. The Kier molecular flexibility index (Phi) is 6.17. The Labute approximate surface area is 144 Å². The number of halogens is 2. The number of carbonyl (C=O) groups excluding carboxylic acids is 1. The predicted octanol–water partition coefficient (Wildman–Crippen LogP) is 3.88. The third-order valence-corrected chi connectivity index (χ3v) is 4.81. The number of hydrogen-bond acceptors (Lipinski definition) is 3. The number of aromatic nitrogens is 2. The average Bonchev–Trinajstić information content (AvgIpc) is 2.95. The molecule has 4 nitrogen and oxygen atoms in total. The number of hydrogen-bond donors (Lipinski definition) is 1. The Bertz CT molecular complexity index is 634. The third-order valence-electron chi connectivity index (χ3n) is 2.97. The lowest BCUT2D eigenvalue weighted by Gasteiger charge is -2.18. The highest BCUT2D eigenvalue weighted by Gasteiger charge is 2.18. The summed E-state index contributed by atoms with van der Waals surface area (Å²) < 4.78 is 1.79. The van der Waals surface area contributed by atoms with Crippen molar-refractivity contribution in [2.75, 3.05) is 0 Å². The minimum Gasteiger partial charge on any atom is -0.351 e. The molecular weight excluding hydrogens is 341 g/mol. The number of nitrogens with zero attached hydrogens (tertiary/aromatic N) is 2. The van der Waals surface area contributed by atoms with Crippen LogP contribution in [0.3, 0.4) is 0 Å². The number of nitrogens with one attached hydrogen (secondary N) is 1. The van der Waals surface area contributed by atoms with Gasteiger partial charge in [-0.3, -0.25) is 9.48 Å². The molecule has 1 amide bonds. The summed E-state index contributed by atoms with van der Waals surface area (Å²) in [6.45, 7) is 4.43. The molecule has 7 heteroatoms. The van der Waals surface area contributed by atoms with Crippen molar-refractivity contribution in [3.8, 4) is 0 Å². The molecule has 22 heavy (non-hydrogen) atoms. The molecule has 118 valence electrons. The van der Waals surface area contributed by atoms with E-state index >= 15 is 0 Å². The first-order valence-corrected chi connectivity index (χ1v) is 8.49. The van der Waals surface area contributed by atoms with Gasteiger partial charge in [0.05, 0.1) is 16.8 Å². The van der Waals surface area contributed by atoms with Gasteiger partial charge in [-0.1, -0.05) is 23.2 Å². The Morgan fingerprint density at radius 1 is 1.41 bits per heavy atom. The summed E-state index contributed by atoms with van der Waals surface area (Å²) in [7, 11) is 0. The first-order valence-electron chi connectivity index (χ1n) is 6.85. The maximum absolute atomic E-state index is 12.2. The molecule has 2 atom stereocenters. The maximum atomic E-state index is 12.2. The van der Waals surface area contributed by atoms with E-state index in [1.165, 1.54) is 11.8 Å². The van der Waals surface area contributed by atoms with Gasteiger partial charge in [0, 0.05) is 28.4 Å². The highest BCUT2D eigenvalue weighted by atomic mass is 35.5.